The van der Waals surface area contributed by atoms with Gasteiger partial charge in [-0.1, -0.05) is 19.9 Å². The summed E-state index contributed by atoms with van der Waals surface area (Å²) in [6.07, 6.45) is -1.52. The van der Waals surface area contributed by atoms with E-state index in [1.54, 1.807) is 29.2 Å². The van der Waals surface area contributed by atoms with Crippen molar-refractivity contribution in [3.8, 4) is 22.9 Å². The Labute approximate surface area is 125 Å². The first-order valence-electron chi connectivity index (χ1n) is 6.61. The zero-order chi connectivity index (χ0) is 16.3. The van der Waals surface area contributed by atoms with Gasteiger partial charge in [0, 0.05) is 18.3 Å². The molecule has 1 heterocycles. The van der Waals surface area contributed by atoms with Crippen LogP contribution in [0, 0.1) is 17.2 Å². The molecule has 0 aliphatic carbocycles. The molecule has 0 spiro atoms. The number of alkyl halides is 3. The SMILES string of the molecule is CC(C)Cn1cc(-c2ccc(C#N)c(OC(F)(F)F)c2)cn1. The molecular formula is C15H14F3N3O. The average Bonchev–Trinajstić information content (AvgIpc) is 2.84. The van der Waals surface area contributed by atoms with Gasteiger partial charge in [-0.15, -0.1) is 13.2 Å². The highest BCUT2D eigenvalue weighted by Gasteiger charge is 2.32. The second-order valence-corrected chi connectivity index (χ2v) is 5.22. The second-order valence-electron chi connectivity index (χ2n) is 5.22. The number of nitriles is 1. The molecule has 0 aliphatic rings. The van der Waals surface area contributed by atoms with E-state index < -0.39 is 12.1 Å². The molecule has 7 heteroatoms. The van der Waals surface area contributed by atoms with Gasteiger partial charge >= 0.3 is 6.36 Å². The lowest BCUT2D eigenvalue weighted by Crippen LogP contribution is -2.17. The highest BCUT2D eigenvalue weighted by atomic mass is 19.4. The van der Waals surface area contributed by atoms with Gasteiger partial charge < -0.3 is 4.74 Å². The molecular weight excluding hydrogens is 295 g/mol. The third-order valence-electron chi connectivity index (χ3n) is 2.85. The molecule has 0 unspecified atom stereocenters. The summed E-state index contributed by atoms with van der Waals surface area (Å²) in [5.41, 5.74) is 1.00. The number of hydrogen-bond acceptors (Lipinski definition) is 3. The minimum absolute atomic E-state index is 0.171. The van der Waals surface area contributed by atoms with Gasteiger partial charge in [-0.3, -0.25) is 4.68 Å². The van der Waals surface area contributed by atoms with Gasteiger partial charge in [-0.05, 0) is 23.6 Å². The molecule has 2 aromatic rings. The normalized spacial score (nSPS) is 11.5. The zero-order valence-corrected chi connectivity index (χ0v) is 12.1. The lowest BCUT2D eigenvalue weighted by Gasteiger charge is -2.11. The van der Waals surface area contributed by atoms with Crippen molar-refractivity contribution < 1.29 is 17.9 Å². The Kier molecular flexibility index (Phi) is 4.40. The fourth-order valence-electron chi connectivity index (χ4n) is 1.99. The lowest BCUT2D eigenvalue weighted by atomic mass is 10.1. The zero-order valence-electron chi connectivity index (χ0n) is 12.1. The van der Waals surface area contributed by atoms with Gasteiger partial charge in [-0.25, -0.2) is 0 Å². The van der Waals surface area contributed by atoms with Crippen LogP contribution in [0.1, 0.15) is 19.4 Å². The minimum atomic E-state index is -4.84. The van der Waals surface area contributed by atoms with Crippen LogP contribution in [0.15, 0.2) is 30.6 Å². The summed E-state index contributed by atoms with van der Waals surface area (Å²) in [6.45, 7) is 4.79. The van der Waals surface area contributed by atoms with Gasteiger partial charge in [0.25, 0.3) is 0 Å². The van der Waals surface area contributed by atoms with Crippen molar-refractivity contribution >= 4 is 0 Å². The number of nitrogens with zero attached hydrogens (tertiary/aromatic N) is 3. The van der Waals surface area contributed by atoms with Crippen LogP contribution in [-0.4, -0.2) is 16.1 Å². The van der Waals surface area contributed by atoms with Gasteiger partial charge in [0.2, 0.25) is 0 Å². The Hall–Kier alpha value is -2.49. The molecule has 0 radical (unpaired) electrons. The third-order valence-corrected chi connectivity index (χ3v) is 2.85. The first-order chi connectivity index (χ1) is 10.3. The fraction of sp³-hybridized carbons (Fsp3) is 0.333. The maximum atomic E-state index is 12.4. The van der Waals surface area contributed by atoms with Crippen LogP contribution in [0.3, 0.4) is 0 Å². The van der Waals surface area contributed by atoms with E-state index in [0.717, 1.165) is 0 Å². The van der Waals surface area contributed by atoms with Gasteiger partial charge in [0.1, 0.15) is 11.8 Å². The number of rotatable bonds is 4. The molecule has 0 saturated carbocycles. The summed E-state index contributed by atoms with van der Waals surface area (Å²) in [4.78, 5) is 0. The van der Waals surface area contributed by atoms with Gasteiger partial charge in [-0.2, -0.15) is 10.4 Å². The quantitative estimate of drug-likeness (QED) is 0.858. The van der Waals surface area contributed by atoms with Crippen LogP contribution >= 0.6 is 0 Å². The molecule has 2 rings (SSSR count). The van der Waals surface area contributed by atoms with Gasteiger partial charge in [0.15, 0.2) is 0 Å². The Morgan fingerprint density at radius 2 is 2.05 bits per heavy atom. The van der Waals surface area contributed by atoms with Crippen molar-refractivity contribution in [2.75, 3.05) is 0 Å². The predicted octanol–water partition coefficient (Wildman–Crippen LogP) is 3.98. The largest absolute Gasteiger partial charge is 0.573 e. The Morgan fingerprint density at radius 1 is 1.32 bits per heavy atom. The molecule has 0 bridgehead atoms. The van der Waals surface area contributed by atoms with Crippen LogP contribution < -0.4 is 4.74 Å². The van der Waals surface area contributed by atoms with E-state index in [-0.39, 0.29) is 5.56 Å². The van der Waals surface area contributed by atoms with Crippen LogP contribution in [-0.2, 0) is 6.54 Å². The molecule has 0 atom stereocenters. The molecule has 22 heavy (non-hydrogen) atoms. The highest BCUT2D eigenvalue weighted by Crippen LogP contribution is 2.31. The monoisotopic (exact) mass is 309 g/mol. The molecule has 0 aliphatic heterocycles. The minimum Gasteiger partial charge on any atom is -0.404 e. The van der Waals surface area contributed by atoms with Crippen LogP contribution in [0.5, 0.6) is 5.75 Å². The number of ether oxygens (including phenoxy) is 1. The van der Waals surface area contributed by atoms with Crippen LogP contribution in [0.25, 0.3) is 11.1 Å². The third kappa shape index (κ3) is 4.01. The summed E-state index contributed by atoms with van der Waals surface area (Å²) in [7, 11) is 0. The predicted molar refractivity (Wildman–Crippen MR) is 73.9 cm³/mol. The van der Waals surface area contributed by atoms with E-state index in [1.165, 1.54) is 12.1 Å². The molecule has 0 saturated heterocycles. The van der Waals surface area contributed by atoms with Gasteiger partial charge in [0.05, 0.1) is 11.8 Å². The van der Waals surface area contributed by atoms with E-state index in [1.807, 2.05) is 13.8 Å². The molecule has 1 aromatic carbocycles. The Bertz CT molecular complexity index is 699. The average molecular weight is 309 g/mol. The van der Waals surface area contributed by atoms with Crippen molar-refractivity contribution in [2.24, 2.45) is 5.92 Å². The Morgan fingerprint density at radius 3 is 2.64 bits per heavy atom. The van der Waals surface area contributed by atoms with E-state index in [4.69, 9.17) is 5.26 Å². The summed E-state index contributed by atoms with van der Waals surface area (Å²) < 4.78 is 42.8. The smallest absolute Gasteiger partial charge is 0.404 e. The summed E-state index contributed by atoms with van der Waals surface area (Å²) in [5, 5.41) is 13.0. The molecule has 4 nitrogen and oxygen atoms in total. The number of halogens is 3. The molecule has 1 aromatic heterocycles. The fourth-order valence-corrected chi connectivity index (χ4v) is 1.99. The van der Waals surface area contributed by atoms with E-state index in [9.17, 15) is 13.2 Å². The van der Waals surface area contributed by atoms with Crippen LogP contribution in [0.2, 0.25) is 0 Å². The van der Waals surface area contributed by atoms with Crippen molar-refractivity contribution in [3.05, 3.63) is 36.2 Å². The number of hydrogen-bond donors (Lipinski definition) is 0. The standard InChI is InChI=1S/C15H14F3N3O/c1-10(2)8-21-9-13(7-20-21)11-3-4-12(6-19)14(5-11)22-15(16,17)18/h3-5,7,9-10H,8H2,1-2H3. The summed E-state index contributed by atoms with van der Waals surface area (Å²) >= 11 is 0. The van der Waals surface area contributed by atoms with Crippen LogP contribution in [0.4, 0.5) is 13.2 Å². The molecule has 116 valence electrons. The first kappa shape index (κ1) is 15.9. The molecule has 0 amide bonds. The molecule has 0 fully saturated rings. The number of benzene rings is 1. The summed E-state index contributed by atoms with van der Waals surface area (Å²) in [5.74, 6) is -0.109. The summed E-state index contributed by atoms with van der Waals surface area (Å²) in [6, 6.07) is 5.75. The maximum absolute atomic E-state index is 12.4. The topological polar surface area (TPSA) is 50.8 Å². The first-order valence-corrected chi connectivity index (χ1v) is 6.61. The maximum Gasteiger partial charge on any atom is 0.573 e. The van der Waals surface area contributed by atoms with Crippen molar-refractivity contribution in [3.63, 3.8) is 0 Å². The van der Waals surface area contributed by atoms with E-state index >= 15 is 0 Å². The molecule has 0 N–H and O–H groups in total. The highest BCUT2D eigenvalue weighted by molar-refractivity contribution is 5.66. The second kappa shape index (κ2) is 6.10. The lowest BCUT2D eigenvalue weighted by molar-refractivity contribution is -0.274. The number of aromatic nitrogens is 2. The Balaban J connectivity index is 2.34. The van der Waals surface area contributed by atoms with Crippen molar-refractivity contribution in [1.82, 2.24) is 9.78 Å². The van der Waals surface area contributed by atoms with Crippen molar-refractivity contribution in [2.45, 2.75) is 26.8 Å². The van der Waals surface area contributed by atoms with Crippen molar-refractivity contribution in [1.29, 1.82) is 5.26 Å². The van der Waals surface area contributed by atoms with E-state index in [2.05, 4.69) is 9.84 Å². The van der Waals surface area contributed by atoms with E-state index in [0.29, 0.717) is 23.6 Å².